The van der Waals surface area contributed by atoms with Gasteiger partial charge < -0.3 is 10.2 Å². The molecule has 0 heterocycles. The van der Waals surface area contributed by atoms with Crippen molar-refractivity contribution >= 4 is 33.2 Å². The first kappa shape index (κ1) is 14.8. The summed E-state index contributed by atoms with van der Waals surface area (Å²) in [5.41, 5.74) is 1.97. The zero-order valence-electron chi connectivity index (χ0n) is 11.0. The Labute approximate surface area is 117 Å². The van der Waals surface area contributed by atoms with Crippen LogP contribution in [0.15, 0.2) is 34.8 Å². The molecule has 3 nitrogen and oxygen atoms in total. The van der Waals surface area contributed by atoms with Gasteiger partial charge in [0, 0.05) is 24.5 Å². The number of hydrogen-bond donors (Lipinski definition) is 1. The van der Waals surface area contributed by atoms with Gasteiger partial charge in [0.05, 0.1) is 4.48 Å². The van der Waals surface area contributed by atoms with Gasteiger partial charge in [-0.25, -0.2) is 0 Å². The minimum absolute atomic E-state index is 0.131. The van der Waals surface area contributed by atoms with E-state index in [0.29, 0.717) is 4.48 Å². The fraction of sp³-hybridized carbons (Fsp3) is 0.357. The van der Waals surface area contributed by atoms with Crippen LogP contribution < -0.4 is 10.2 Å². The third kappa shape index (κ3) is 3.88. The number of amides is 1. The molecular weight excluding hydrogens is 292 g/mol. The summed E-state index contributed by atoms with van der Waals surface area (Å²) in [4.78, 5) is 13.9. The quantitative estimate of drug-likeness (QED) is 0.840. The lowest BCUT2D eigenvalue weighted by molar-refractivity contribution is -0.112. The largest absolute Gasteiger partial charge is 0.372 e. The van der Waals surface area contributed by atoms with Crippen molar-refractivity contribution in [3.8, 4) is 0 Å². The van der Waals surface area contributed by atoms with Gasteiger partial charge in [-0.2, -0.15) is 0 Å². The minimum atomic E-state index is -0.131. The Morgan fingerprint density at radius 3 is 2.28 bits per heavy atom. The highest BCUT2D eigenvalue weighted by Gasteiger charge is 2.06. The molecule has 0 saturated heterocycles. The molecule has 0 atom stereocenters. The van der Waals surface area contributed by atoms with E-state index in [1.165, 1.54) is 5.69 Å². The number of hydrogen-bond acceptors (Lipinski definition) is 2. The van der Waals surface area contributed by atoms with Gasteiger partial charge >= 0.3 is 0 Å². The van der Waals surface area contributed by atoms with E-state index in [1.54, 1.807) is 6.08 Å². The standard InChI is InChI=1S/C14H19BrN2O/c1-4-13(15)14(18)16-11-7-9-12(10-8-11)17(5-2)6-3/h4,7-10H,5-6H2,1-3H3,(H,16,18)/b13-4-. The van der Waals surface area contributed by atoms with Crippen molar-refractivity contribution in [2.24, 2.45) is 0 Å². The van der Waals surface area contributed by atoms with Gasteiger partial charge in [-0.3, -0.25) is 4.79 Å². The topological polar surface area (TPSA) is 32.3 Å². The second-order valence-corrected chi connectivity index (χ2v) is 4.66. The van der Waals surface area contributed by atoms with Crippen LogP contribution in [-0.2, 0) is 4.79 Å². The first-order valence-corrected chi connectivity index (χ1v) is 6.89. The summed E-state index contributed by atoms with van der Waals surface area (Å²) in [6.07, 6.45) is 1.72. The zero-order valence-corrected chi connectivity index (χ0v) is 12.6. The number of benzene rings is 1. The molecular formula is C14H19BrN2O. The predicted octanol–water partition coefficient (Wildman–Crippen LogP) is 3.77. The van der Waals surface area contributed by atoms with E-state index in [1.807, 2.05) is 31.2 Å². The molecule has 0 aliphatic carbocycles. The maximum atomic E-state index is 11.6. The van der Waals surface area contributed by atoms with Gasteiger partial charge in [0.1, 0.15) is 0 Å². The van der Waals surface area contributed by atoms with Gasteiger partial charge in [0.15, 0.2) is 0 Å². The lowest BCUT2D eigenvalue weighted by atomic mass is 10.2. The summed E-state index contributed by atoms with van der Waals surface area (Å²) in [5.74, 6) is -0.131. The first-order valence-electron chi connectivity index (χ1n) is 6.10. The predicted molar refractivity (Wildman–Crippen MR) is 81.3 cm³/mol. The maximum Gasteiger partial charge on any atom is 0.262 e. The maximum absolute atomic E-state index is 11.6. The molecule has 0 radical (unpaired) electrons. The van der Waals surface area contributed by atoms with Crippen molar-refractivity contribution in [2.45, 2.75) is 20.8 Å². The number of nitrogens with zero attached hydrogens (tertiary/aromatic N) is 1. The number of carbonyl (C=O) groups excluding carboxylic acids is 1. The molecule has 0 aliphatic heterocycles. The van der Waals surface area contributed by atoms with Crippen LogP contribution in [0.25, 0.3) is 0 Å². The van der Waals surface area contributed by atoms with Crippen LogP contribution in [0.1, 0.15) is 20.8 Å². The minimum Gasteiger partial charge on any atom is -0.372 e. The molecule has 1 N–H and O–H groups in total. The Kier molecular flexibility index (Phi) is 5.92. The normalized spacial score (nSPS) is 11.2. The van der Waals surface area contributed by atoms with Crippen LogP contribution in [0.4, 0.5) is 11.4 Å². The Morgan fingerprint density at radius 2 is 1.83 bits per heavy atom. The number of allylic oxidation sites excluding steroid dienone is 1. The zero-order chi connectivity index (χ0) is 13.5. The molecule has 0 saturated carbocycles. The fourth-order valence-electron chi connectivity index (χ4n) is 1.67. The summed E-state index contributed by atoms with van der Waals surface area (Å²) in [5, 5.41) is 2.82. The number of halogens is 1. The van der Waals surface area contributed by atoms with Crippen LogP contribution in [0.2, 0.25) is 0 Å². The van der Waals surface area contributed by atoms with E-state index < -0.39 is 0 Å². The molecule has 0 aromatic heterocycles. The Balaban J connectivity index is 2.74. The summed E-state index contributed by atoms with van der Waals surface area (Å²) < 4.78 is 0.537. The second-order valence-electron chi connectivity index (χ2n) is 3.81. The Hall–Kier alpha value is -1.29. The average molecular weight is 311 g/mol. The molecule has 1 rings (SSSR count). The van der Waals surface area contributed by atoms with Gasteiger partial charge in [0.2, 0.25) is 0 Å². The van der Waals surface area contributed by atoms with E-state index >= 15 is 0 Å². The van der Waals surface area contributed by atoms with Crippen molar-refractivity contribution in [2.75, 3.05) is 23.3 Å². The van der Waals surface area contributed by atoms with E-state index in [0.717, 1.165) is 18.8 Å². The van der Waals surface area contributed by atoms with Gasteiger partial charge in [-0.1, -0.05) is 6.08 Å². The molecule has 1 amide bonds. The highest BCUT2D eigenvalue weighted by Crippen LogP contribution is 2.18. The Morgan fingerprint density at radius 1 is 1.28 bits per heavy atom. The van der Waals surface area contributed by atoms with Crippen molar-refractivity contribution in [1.29, 1.82) is 0 Å². The van der Waals surface area contributed by atoms with E-state index in [2.05, 4.69) is 40.0 Å². The number of carbonyl (C=O) groups is 1. The molecule has 0 unspecified atom stereocenters. The lowest BCUT2D eigenvalue weighted by Crippen LogP contribution is -2.21. The van der Waals surface area contributed by atoms with Gasteiger partial charge in [-0.15, -0.1) is 0 Å². The monoisotopic (exact) mass is 310 g/mol. The molecule has 0 aliphatic rings. The summed E-state index contributed by atoms with van der Waals surface area (Å²) in [7, 11) is 0. The fourth-order valence-corrected chi connectivity index (χ4v) is 1.77. The molecule has 0 bridgehead atoms. The molecule has 1 aromatic carbocycles. The van der Waals surface area contributed by atoms with Crippen molar-refractivity contribution in [3.63, 3.8) is 0 Å². The summed E-state index contributed by atoms with van der Waals surface area (Å²) >= 11 is 3.20. The molecule has 98 valence electrons. The second kappa shape index (κ2) is 7.21. The van der Waals surface area contributed by atoms with Crippen LogP contribution in [0.5, 0.6) is 0 Å². The first-order chi connectivity index (χ1) is 8.62. The molecule has 18 heavy (non-hydrogen) atoms. The molecule has 0 spiro atoms. The Bertz CT molecular complexity index is 422. The third-order valence-corrected chi connectivity index (χ3v) is 3.54. The van der Waals surface area contributed by atoms with Crippen LogP contribution in [0, 0.1) is 0 Å². The van der Waals surface area contributed by atoms with E-state index in [9.17, 15) is 4.79 Å². The van der Waals surface area contributed by atoms with E-state index in [-0.39, 0.29) is 5.91 Å². The third-order valence-electron chi connectivity index (χ3n) is 2.72. The van der Waals surface area contributed by atoms with Gasteiger partial charge in [0.25, 0.3) is 5.91 Å². The highest BCUT2D eigenvalue weighted by molar-refractivity contribution is 9.12. The summed E-state index contributed by atoms with van der Waals surface area (Å²) in [6, 6.07) is 7.88. The smallest absolute Gasteiger partial charge is 0.262 e. The average Bonchev–Trinajstić information content (AvgIpc) is 2.41. The summed E-state index contributed by atoms with van der Waals surface area (Å²) in [6.45, 7) is 8.02. The van der Waals surface area contributed by atoms with Gasteiger partial charge in [-0.05, 0) is 61.0 Å². The molecule has 4 heteroatoms. The van der Waals surface area contributed by atoms with Crippen LogP contribution in [0.3, 0.4) is 0 Å². The molecule has 0 fully saturated rings. The lowest BCUT2D eigenvalue weighted by Gasteiger charge is -2.21. The van der Waals surface area contributed by atoms with E-state index in [4.69, 9.17) is 0 Å². The highest BCUT2D eigenvalue weighted by atomic mass is 79.9. The van der Waals surface area contributed by atoms with Crippen LogP contribution >= 0.6 is 15.9 Å². The number of nitrogens with one attached hydrogen (secondary N) is 1. The number of rotatable bonds is 5. The molecule has 1 aromatic rings. The number of anilines is 2. The van der Waals surface area contributed by atoms with Crippen molar-refractivity contribution < 1.29 is 4.79 Å². The van der Waals surface area contributed by atoms with Crippen molar-refractivity contribution in [3.05, 3.63) is 34.8 Å². The van der Waals surface area contributed by atoms with Crippen LogP contribution in [-0.4, -0.2) is 19.0 Å². The SMILES string of the molecule is C/C=C(\Br)C(=O)Nc1ccc(N(CC)CC)cc1. The van der Waals surface area contributed by atoms with Crippen molar-refractivity contribution in [1.82, 2.24) is 0 Å².